The van der Waals surface area contributed by atoms with Crippen LogP contribution >= 0.6 is 0 Å². The Balaban J connectivity index is 2.50. The van der Waals surface area contributed by atoms with Crippen LogP contribution in [0.2, 0.25) is 0 Å². The van der Waals surface area contributed by atoms with Gasteiger partial charge in [-0.05, 0) is 24.6 Å². The van der Waals surface area contributed by atoms with Crippen molar-refractivity contribution >= 4 is 21.4 Å². The van der Waals surface area contributed by atoms with Crippen LogP contribution in [0.25, 0.3) is 0 Å². The van der Waals surface area contributed by atoms with E-state index in [-0.39, 0.29) is 16.1 Å². The Hall–Kier alpha value is -2.22. The van der Waals surface area contributed by atoms with Gasteiger partial charge in [0.15, 0.2) is 11.6 Å². The number of hydrogen-bond acceptors (Lipinski definition) is 3. The molecule has 0 heterocycles. The van der Waals surface area contributed by atoms with E-state index in [9.17, 15) is 21.6 Å². The molecular formula is C13H11F3N2O2S. The minimum atomic E-state index is -4.23. The van der Waals surface area contributed by atoms with E-state index in [1.165, 1.54) is 25.1 Å². The summed E-state index contributed by atoms with van der Waals surface area (Å²) in [6, 6.07) is 5.02. The van der Waals surface area contributed by atoms with Crippen molar-refractivity contribution < 1.29 is 21.6 Å². The third kappa shape index (κ3) is 2.94. The van der Waals surface area contributed by atoms with Crippen LogP contribution in [0.5, 0.6) is 0 Å². The Kier molecular flexibility index (Phi) is 3.82. The molecule has 21 heavy (non-hydrogen) atoms. The first-order valence-corrected chi connectivity index (χ1v) is 7.23. The number of anilines is 2. The molecule has 0 bridgehead atoms. The Labute approximate surface area is 119 Å². The molecule has 0 aliphatic carbocycles. The highest BCUT2D eigenvalue weighted by atomic mass is 32.2. The largest absolute Gasteiger partial charge is 0.398 e. The van der Waals surface area contributed by atoms with Gasteiger partial charge in [-0.1, -0.05) is 6.07 Å². The van der Waals surface area contributed by atoms with Gasteiger partial charge in [0, 0.05) is 17.8 Å². The average molecular weight is 316 g/mol. The summed E-state index contributed by atoms with van der Waals surface area (Å²) in [5.41, 5.74) is 5.27. The first kappa shape index (κ1) is 15.2. The van der Waals surface area contributed by atoms with Crippen molar-refractivity contribution in [2.75, 3.05) is 10.5 Å². The Bertz CT molecular complexity index is 807. The van der Waals surface area contributed by atoms with Crippen LogP contribution in [0.3, 0.4) is 0 Å². The molecule has 0 aliphatic heterocycles. The zero-order valence-electron chi connectivity index (χ0n) is 10.8. The predicted molar refractivity (Wildman–Crippen MR) is 72.7 cm³/mol. The van der Waals surface area contributed by atoms with Gasteiger partial charge in [-0.3, -0.25) is 4.72 Å². The summed E-state index contributed by atoms with van der Waals surface area (Å²) in [6.45, 7) is 1.46. The molecule has 0 saturated heterocycles. The molecule has 2 aromatic carbocycles. The number of nitrogen functional groups attached to an aromatic ring is 1. The fraction of sp³-hybridized carbons (Fsp3) is 0.0769. The van der Waals surface area contributed by atoms with Gasteiger partial charge in [0.25, 0.3) is 10.0 Å². The summed E-state index contributed by atoms with van der Waals surface area (Å²) in [7, 11) is -4.23. The number of benzene rings is 2. The van der Waals surface area contributed by atoms with Crippen LogP contribution in [0.15, 0.2) is 35.2 Å². The molecule has 0 atom stereocenters. The zero-order chi connectivity index (χ0) is 15.8. The van der Waals surface area contributed by atoms with Crippen molar-refractivity contribution in [3.8, 4) is 0 Å². The number of sulfonamides is 1. The summed E-state index contributed by atoms with van der Waals surface area (Å²) >= 11 is 0. The molecule has 0 saturated carbocycles. The lowest BCUT2D eigenvalue weighted by Gasteiger charge is -2.12. The highest BCUT2D eigenvalue weighted by Gasteiger charge is 2.21. The fourth-order valence-corrected chi connectivity index (χ4v) is 3.08. The van der Waals surface area contributed by atoms with Gasteiger partial charge in [0.05, 0.1) is 10.6 Å². The third-order valence-electron chi connectivity index (χ3n) is 2.85. The molecule has 0 aromatic heterocycles. The molecule has 112 valence electrons. The minimum absolute atomic E-state index is 0.202. The monoisotopic (exact) mass is 316 g/mol. The normalized spacial score (nSPS) is 11.4. The van der Waals surface area contributed by atoms with Crippen LogP contribution in [0.1, 0.15) is 5.56 Å². The maximum atomic E-state index is 13.5. The second kappa shape index (κ2) is 5.28. The smallest absolute Gasteiger partial charge is 0.262 e. The van der Waals surface area contributed by atoms with Crippen molar-refractivity contribution in [2.45, 2.75) is 11.8 Å². The number of nitrogens with two attached hydrogens (primary N) is 1. The number of hydrogen-bond donors (Lipinski definition) is 2. The topological polar surface area (TPSA) is 72.2 Å². The molecule has 8 heteroatoms. The third-order valence-corrected chi connectivity index (χ3v) is 4.36. The lowest BCUT2D eigenvalue weighted by molar-refractivity contribution is 0.498. The molecule has 3 N–H and O–H groups in total. The van der Waals surface area contributed by atoms with Crippen LogP contribution in [-0.4, -0.2) is 8.42 Å². The SMILES string of the molecule is Cc1c(N)cccc1S(=O)(=O)Nc1cc(F)cc(F)c1F. The van der Waals surface area contributed by atoms with E-state index < -0.39 is 33.2 Å². The van der Waals surface area contributed by atoms with E-state index in [0.717, 1.165) is 0 Å². The molecule has 2 aromatic rings. The highest BCUT2D eigenvalue weighted by Crippen LogP contribution is 2.25. The lowest BCUT2D eigenvalue weighted by Crippen LogP contribution is -2.16. The number of halogens is 3. The lowest BCUT2D eigenvalue weighted by atomic mass is 10.2. The molecule has 2 rings (SSSR count). The van der Waals surface area contributed by atoms with E-state index in [0.29, 0.717) is 12.1 Å². The van der Waals surface area contributed by atoms with E-state index in [4.69, 9.17) is 5.73 Å². The molecule has 0 radical (unpaired) electrons. The fourth-order valence-electron chi connectivity index (χ4n) is 1.75. The first-order valence-electron chi connectivity index (χ1n) is 5.75. The molecule has 0 spiro atoms. The molecule has 0 aliphatic rings. The molecule has 0 unspecified atom stereocenters. The quantitative estimate of drug-likeness (QED) is 0.675. The summed E-state index contributed by atoms with van der Waals surface area (Å²) < 4.78 is 65.8. The van der Waals surface area contributed by atoms with Gasteiger partial charge in [-0.15, -0.1) is 0 Å². The highest BCUT2D eigenvalue weighted by molar-refractivity contribution is 7.92. The first-order chi connectivity index (χ1) is 9.72. The standard InChI is InChI=1S/C13H11F3N2O2S/c1-7-10(17)3-2-4-12(7)21(19,20)18-11-6-8(14)5-9(15)13(11)16/h2-6,18H,17H2,1H3. The van der Waals surface area contributed by atoms with Crippen molar-refractivity contribution in [1.82, 2.24) is 0 Å². The van der Waals surface area contributed by atoms with Crippen LogP contribution < -0.4 is 10.5 Å². The van der Waals surface area contributed by atoms with E-state index in [1.54, 1.807) is 0 Å². The van der Waals surface area contributed by atoms with Gasteiger partial charge in [0.2, 0.25) is 0 Å². The van der Waals surface area contributed by atoms with Crippen molar-refractivity contribution in [2.24, 2.45) is 0 Å². The summed E-state index contributed by atoms with van der Waals surface area (Å²) in [5.74, 6) is -4.07. The van der Waals surface area contributed by atoms with Crippen molar-refractivity contribution in [1.29, 1.82) is 0 Å². The Morgan fingerprint density at radius 3 is 2.48 bits per heavy atom. The van der Waals surface area contributed by atoms with Gasteiger partial charge in [-0.25, -0.2) is 21.6 Å². The van der Waals surface area contributed by atoms with Gasteiger partial charge in [0.1, 0.15) is 5.82 Å². The number of nitrogens with one attached hydrogen (secondary N) is 1. The summed E-state index contributed by atoms with van der Waals surface area (Å²) in [5, 5.41) is 0. The van der Waals surface area contributed by atoms with Gasteiger partial charge >= 0.3 is 0 Å². The van der Waals surface area contributed by atoms with E-state index in [2.05, 4.69) is 0 Å². The van der Waals surface area contributed by atoms with Crippen LogP contribution in [0.4, 0.5) is 24.5 Å². The maximum Gasteiger partial charge on any atom is 0.262 e. The van der Waals surface area contributed by atoms with Crippen molar-refractivity contribution in [3.05, 3.63) is 53.3 Å². The second-order valence-corrected chi connectivity index (χ2v) is 5.98. The molecule has 0 amide bonds. The number of rotatable bonds is 3. The van der Waals surface area contributed by atoms with Gasteiger partial charge < -0.3 is 5.73 Å². The second-order valence-electron chi connectivity index (χ2n) is 4.33. The van der Waals surface area contributed by atoms with Crippen LogP contribution in [0, 0.1) is 24.4 Å². The van der Waals surface area contributed by atoms with E-state index >= 15 is 0 Å². The summed E-state index contributed by atoms with van der Waals surface area (Å²) in [6.07, 6.45) is 0. The summed E-state index contributed by atoms with van der Waals surface area (Å²) in [4.78, 5) is -0.202. The molecule has 4 nitrogen and oxygen atoms in total. The minimum Gasteiger partial charge on any atom is -0.398 e. The predicted octanol–water partition coefficient (Wildman–Crippen LogP) is 2.80. The zero-order valence-corrected chi connectivity index (χ0v) is 11.6. The van der Waals surface area contributed by atoms with Gasteiger partial charge in [-0.2, -0.15) is 0 Å². The van der Waals surface area contributed by atoms with Crippen LogP contribution in [-0.2, 0) is 10.0 Å². The van der Waals surface area contributed by atoms with Crippen molar-refractivity contribution in [3.63, 3.8) is 0 Å². The Morgan fingerprint density at radius 2 is 1.81 bits per heavy atom. The average Bonchev–Trinajstić information content (AvgIpc) is 2.38. The molecule has 0 fully saturated rings. The molecular weight excluding hydrogens is 305 g/mol. The van der Waals surface area contributed by atoms with E-state index in [1.807, 2.05) is 4.72 Å². The maximum absolute atomic E-state index is 13.5. The Morgan fingerprint density at radius 1 is 1.14 bits per heavy atom.